The van der Waals surface area contributed by atoms with Crippen molar-refractivity contribution in [3.63, 3.8) is 0 Å². The Bertz CT molecular complexity index is 1460. The van der Waals surface area contributed by atoms with Gasteiger partial charge in [0.25, 0.3) is 0 Å². The third kappa shape index (κ3) is 10.4. The van der Waals surface area contributed by atoms with Crippen LogP contribution in [0.5, 0.6) is 0 Å². The third-order valence-electron chi connectivity index (χ3n) is 8.67. The van der Waals surface area contributed by atoms with Gasteiger partial charge < -0.3 is 54.6 Å². The summed E-state index contributed by atoms with van der Waals surface area (Å²) < 4.78 is 32.3. The van der Waals surface area contributed by atoms with E-state index in [1.54, 1.807) is 0 Å². The molecule has 0 aromatic heterocycles. The lowest BCUT2D eigenvalue weighted by Gasteiger charge is -2.21. The second kappa shape index (κ2) is 17.8. The number of amides is 3. The molecule has 0 aliphatic carbocycles. The minimum Gasteiger partial charge on any atom is -0.480 e. The molecule has 0 unspecified atom stereocenters. The lowest BCUT2D eigenvalue weighted by atomic mass is 10.0. The molecule has 16 nitrogen and oxygen atoms in total. The van der Waals surface area contributed by atoms with Gasteiger partial charge in [-0.2, -0.15) is 0 Å². The maximum absolute atomic E-state index is 12.3. The molecule has 4 aliphatic heterocycles. The normalized spacial score (nSPS) is 25.8. The number of nitrogens with one attached hydrogen (secondary N) is 3. The number of hydrogen-bond donors (Lipinski definition) is 5. The van der Waals surface area contributed by atoms with Crippen LogP contribution in [0.1, 0.15) is 24.0 Å². The molecule has 4 saturated heterocycles. The summed E-state index contributed by atoms with van der Waals surface area (Å²) in [6, 6.07) is 16.2. The van der Waals surface area contributed by atoms with Gasteiger partial charge in [-0.15, -0.1) is 0 Å². The fraction of sp³-hybridized carbons (Fsp3) is 0.500. The summed E-state index contributed by atoms with van der Waals surface area (Å²) in [6.45, 7) is 1.14. The van der Waals surface area contributed by atoms with Crippen LogP contribution in [0.25, 0.3) is 0 Å². The Labute approximate surface area is 287 Å². The number of rotatable bonds is 12. The quantitative estimate of drug-likeness (QED) is 0.212. The first-order valence-corrected chi connectivity index (χ1v) is 16.4. The van der Waals surface area contributed by atoms with Crippen molar-refractivity contribution >= 4 is 30.0 Å². The van der Waals surface area contributed by atoms with Crippen LogP contribution in [-0.2, 0) is 55.6 Å². The standard InChI is InChI=1S/C18H22N2O7.C16H19NO6/c21-15(22)9-19-16(23)13(8-11-4-2-1-3-5-11)20-18(24)27-14-10-26-17-12(14)6-7-25-17;18-14(19)12(8-10-4-2-1-3-5-10)17-16(20)23-13-9-22-15-11(13)6-7-21-15/h1-5,12-14,17H,6-10H2,(H,19,23)(H,20,24)(H,21,22);1-5,11-13,15H,6-9H2,(H,17,20)(H,18,19)/t12-,13-,14-,17+;11-,12-,13-,15+/m00/s1. The highest BCUT2D eigenvalue weighted by atomic mass is 16.7. The molecular weight excluding hydrogens is 658 g/mol. The predicted molar refractivity (Wildman–Crippen MR) is 171 cm³/mol. The molecule has 50 heavy (non-hydrogen) atoms. The number of alkyl carbamates (subject to hydrolysis) is 2. The van der Waals surface area contributed by atoms with Crippen molar-refractivity contribution in [3.05, 3.63) is 71.8 Å². The molecule has 6 rings (SSSR count). The Morgan fingerprint density at radius 2 is 1.14 bits per heavy atom. The Morgan fingerprint density at radius 1 is 0.680 bits per heavy atom. The number of hydrogen-bond acceptors (Lipinski definition) is 11. The van der Waals surface area contributed by atoms with E-state index in [2.05, 4.69) is 16.0 Å². The summed E-state index contributed by atoms with van der Waals surface area (Å²) in [4.78, 5) is 58.7. The monoisotopic (exact) mass is 699 g/mol. The summed E-state index contributed by atoms with van der Waals surface area (Å²) in [5.74, 6) is -2.85. The van der Waals surface area contributed by atoms with Crippen molar-refractivity contribution in [2.45, 2.75) is 62.6 Å². The molecule has 4 aliphatic rings. The summed E-state index contributed by atoms with van der Waals surface area (Å²) in [6.07, 6.45) is -1.06. The molecular formula is C34H41N3O13. The number of carboxylic acid groups (broad SMARTS) is 2. The van der Waals surface area contributed by atoms with Crippen molar-refractivity contribution in [1.29, 1.82) is 0 Å². The van der Waals surface area contributed by atoms with Gasteiger partial charge in [-0.25, -0.2) is 14.4 Å². The topological polar surface area (TPSA) is 217 Å². The van der Waals surface area contributed by atoms with Crippen LogP contribution < -0.4 is 16.0 Å². The smallest absolute Gasteiger partial charge is 0.408 e. The Morgan fingerprint density at radius 3 is 1.60 bits per heavy atom. The lowest BCUT2D eigenvalue weighted by molar-refractivity contribution is -0.139. The van der Waals surface area contributed by atoms with Crippen molar-refractivity contribution in [2.75, 3.05) is 33.0 Å². The number of ether oxygens (including phenoxy) is 6. The zero-order chi connectivity index (χ0) is 35.5. The van der Waals surface area contributed by atoms with Crippen LogP contribution in [0.2, 0.25) is 0 Å². The fourth-order valence-corrected chi connectivity index (χ4v) is 6.12. The number of carboxylic acids is 2. The number of carbonyl (C=O) groups is 5. The Hall–Kier alpha value is -4.77. The van der Waals surface area contributed by atoms with Gasteiger partial charge in [-0.3, -0.25) is 9.59 Å². The molecule has 3 amide bonds. The van der Waals surface area contributed by atoms with Crippen LogP contribution in [0.3, 0.4) is 0 Å². The molecule has 0 spiro atoms. The fourth-order valence-electron chi connectivity index (χ4n) is 6.12. The number of aliphatic carboxylic acids is 2. The first kappa shape index (κ1) is 36.5. The van der Waals surface area contributed by atoms with Gasteiger partial charge in [0, 0.05) is 12.8 Å². The summed E-state index contributed by atoms with van der Waals surface area (Å²) >= 11 is 0. The largest absolute Gasteiger partial charge is 0.480 e. The minimum atomic E-state index is -1.17. The first-order valence-electron chi connectivity index (χ1n) is 16.4. The molecule has 16 heteroatoms. The third-order valence-corrected chi connectivity index (χ3v) is 8.67. The maximum Gasteiger partial charge on any atom is 0.408 e. The van der Waals surface area contributed by atoms with Gasteiger partial charge in [-0.05, 0) is 24.0 Å². The van der Waals surface area contributed by atoms with Gasteiger partial charge in [0.2, 0.25) is 5.91 Å². The van der Waals surface area contributed by atoms with Gasteiger partial charge in [0.1, 0.15) is 30.8 Å². The number of fused-ring (bicyclic) bond motifs is 2. The molecule has 270 valence electrons. The van der Waals surface area contributed by atoms with E-state index in [1.807, 2.05) is 60.7 Å². The van der Waals surface area contributed by atoms with Crippen LogP contribution >= 0.6 is 0 Å². The first-order chi connectivity index (χ1) is 24.2. The van der Waals surface area contributed by atoms with E-state index in [0.29, 0.717) is 13.2 Å². The molecule has 0 bridgehead atoms. The highest BCUT2D eigenvalue weighted by Crippen LogP contribution is 2.34. The van der Waals surface area contributed by atoms with Crippen molar-refractivity contribution in [1.82, 2.24) is 16.0 Å². The average molecular weight is 700 g/mol. The van der Waals surface area contributed by atoms with E-state index in [9.17, 15) is 29.1 Å². The van der Waals surface area contributed by atoms with Crippen molar-refractivity contribution in [3.8, 4) is 0 Å². The molecule has 5 N–H and O–H groups in total. The van der Waals surface area contributed by atoms with Gasteiger partial charge in [-0.1, -0.05) is 60.7 Å². The van der Waals surface area contributed by atoms with E-state index in [-0.39, 0.29) is 50.5 Å². The van der Waals surface area contributed by atoms with Crippen LogP contribution in [-0.4, -0.2) is 110 Å². The van der Waals surface area contributed by atoms with E-state index >= 15 is 0 Å². The lowest BCUT2D eigenvalue weighted by Crippen LogP contribution is -2.50. The van der Waals surface area contributed by atoms with Crippen molar-refractivity contribution in [2.24, 2.45) is 11.8 Å². The van der Waals surface area contributed by atoms with Gasteiger partial charge in [0.15, 0.2) is 12.6 Å². The molecule has 8 atom stereocenters. The SMILES string of the molecule is O=C(N[C@@H](Cc1ccccc1)C(=O)O)O[C@H]1CO[C@H]2OCC[C@H]21.O=C(O)CNC(=O)[C@H](Cc1ccccc1)NC(=O)O[C@H]1CO[C@H]2OCC[C@H]21. The molecule has 4 heterocycles. The number of carbonyl (C=O) groups excluding carboxylic acids is 3. The maximum atomic E-state index is 12.3. The number of benzene rings is 2. The molecule has 2 aromatic rings. The molecule has 0 radical (unpaired) electrons. The average Bonchev–Trinajstić information content (AvgIpc) is 3.90. The molecule has 0 saturated carbocycles. The highest BCUT2D eigenvalue weighted by Gasteiger charge is 2.45. The van der Waals surface area contributed by atoms with Crippen molar-refractivity contribution < 1.29 is 62.6 Å². The zero-order valence-corrected chi connectivity index (χ0v) is 27.1. The Kier molecular flexibility index (Phi) is 13.0. The minimum absolute atomic E-state index is 0.0100. The van der Waals surface area contributed by atoms with Crippen LogP contribution in [0.4, 0.5) is 9.59 Å². The zero-order valence-electron chi connectivity index (χ0n) is 27.1. The second-order valence-corrected chi connectivity index (χ2v) is 12.2. The summed E-state index contributed by atoms with van der Waals surface area (Å²) in [5, 5.41) is 25.3. The second-order valence-electron chi connectivity index (χ2n) is 12.2. The molecule has 2 aromatic carbocycles. The van der Waals surface area contributed by atoms with E-state index < -0.39 is 60.9 Å². The van der Waals surface area contributed by atoms with E-state index in [4.69, 9.17) is 33.5 Å². The van der Waals surface area contributed by atoms with Gasteiger partial charge >= 0.3 is 24.1 Å². The summed E-state index contributed by atoms with van der Waals surface area (Å²) in [5.41, 5.74) is 1.65. The predicted octanol–water partition coefficient (Wildman–Crippen LogP) is 1.46. The van der Waals surface area contributed by atoms with E-state index in [0.717, 1.165) is 24.0 Å². The summed E-state index contributed by atoms with van der Waals surface area (Å²) in [7, 11) is 0. The highest BCUT2D eigenvalue weighted by molar-refractivity contribution is 5.88. The Balaban J connectivity index is 0.000000197. The van der Waals surface area contributed by atoms with E-state index in [1.165, 1.54) is 0 Å². The molecule has 4 fully saturated rings. The van der Waals surface area contributed by atoms with Crippen LogP contribution in [0, 0.1) is 11.8 Å². The van der Waals surface area contributed by atoms with Gasteiger partial charge in [0.05, 0.1) is 38.3 Å². The van der Waals surface area contributed by atoms with Crippen LogP contribution in [0.15, 0.2) is 60.7 Å².